The first-order chi connectivity index (χ1) is 13.1. The van der Waals surface area contributed by atoms with E-state index < -0.39 is 18.2 Å². The highest BCUT2D eigenvalue weighted by Gasteiger charge is 2.16. The molecule has 3 N–H and O–H groups in total. The highest BCUT2D eigenvalue weighted by atomic mass is 16.6. The Bertz CT molecular complexity index is 758. The number of amides is 1. The molecule has 7 heteroatoms. The zero-order valence-electron chi connectivity index (χ0n) is 14.6. The van der Waals surface area contributed by atoms with Gasteiger partial charge in [0.1, 0.15) is 18.5 Å². The standard InChI is InChI=1S/C20H21NO6/c22-13-14-26-17-11-9-15(10-12-17)18(7-4-8-19(23)24)27-20(25)21-16-5-2-1-3-6-16/h1-6,8-12,18,22H,7,13-14H2,(H,21,25)(H,23,24)/b8-4+/t18-/m0/s1. The molecule has 142 valence electrons. The fourth-order valence-corrected chi connectivity index (χ4v) is 2.28. The number of aliphatic carboxylic acids is 1. The SMILES string of the molecule is O=C(O)/C=C/C[C@H](OC(=O)Nc1ccccc1)c1ccc(OCCO)cc1. The summed E-state index contributed by atoms with van der Waals surface area (Å²) in [5.74, 6) is -0.503. The van der Waals surface area contributed by atoms with Crippen molar-refractivity contribution in [3.8, 4) is 5.75 Å². The van der Waals surface area contributed by atoms with Crippen molar-refractivity contribution in [3.05, 3.63) is 72.3 Å². The number of carboxylic acid groups (broad SMARTS) is 1. The molecule has 0 aliphatic rings. The Morgan fingerprint density at radius 1 is 1.07 bits per heavy atom. The average molecular weight is 371 g/mol. The van der Waals surface area contributed by atoms with Crippen LogP contribution in [0.2, 0.25) is 0 Å². The van der Waals surface area contributed by atoms with Gasteiger partial charge in [0.2, 0.25) is 0 Å². The van der Waals surface area contributed by atoms with Gasteiger partial charge in [-0.15, -0.1) is 0 Å². The molecule has 2 aromatic carbocycles. The van der Waals surface area contributed by atoms with Crippen LogP contribution in [0, 0.1) is 0 Å². The minimum atomic E-state index is -1.07. The van der Waals surface area contributed by atoms with E-state index in [1.807, 2.05) is 6.07 Å². The molecule has 0 aliphatic carbocycles. The Balaban J connectivity index is 2.07. The molecule has 0 unspecified atom stereocenters. The van der Waals surface area contributed by atoms with Crippen LogP contribution in [0.3, 0.4) is 0 Å². The number of rotatable bonds is 9. The molecule has 0 fully saturated rings. The molecular formula is C20H21NO6. The zero-order chi connectivity index (χ0) is 19.5. The molecule has 0 aliphatic heterocycles. The number of aliphatic hydroxyl groups excluding tert-OH is 1. The smallest absolute Gasteiger partial charge is 0.412 e. The molecule has 0 aromatic heterocycles. The molecule has 0 radical (unpaired) electrons. The van der Waals surface area contributed by atoms with Crippen LogP contribution in [0.5, 0.6) is 5.75 Å². The van der Waals surface area contributed by atoms with Gasteiger partial charge in [-0.3, -0.25) is 5.32 Å². The summed E-state index contributed by atoms with van der Waals surface area (Å²) in [6.07, 6.45) is 1.32. The van der Waals surface area contributed by atoms with Crippen molar-refractivity contribution in [3.63, 3.8) is 0 Å². The van der Waals surface area contributed by atoms with Crippen LogP contribution >= 0.6 is 0 Å². The predicted molar refractivity (Wildman–Crippen MR) is 99.7 cm³/mol. The number of carboxylic acids is 1. The Kier molecular flexibility index (Phi) is 7.87. The van der Waals surface area contributed by atoms with Crippen LogP contribution in [-0.2, 0) is 9.53 Å². The molecule has 0 saturated carbocycles. The number of nitrogens with one attached hydrogen (secondary N) is 1. The van der Waals surface area contributed by atoms with Gasteiger partial charge in [0.05, 0.1) is 6.61 Å². The second kappa shape index (κ2) is 10.6. The third-order valence-electron chi connectivity index (χ3n) is 3.49. The Morgan fingerprint density at radius 3 is 2.41 bits per heavy atom. The summed E-state index contributed by atoms with van der Waals surface area (Å²) < 4.78 is 10.8. The minimum absolute atomic E-state index is 0.0902. The molecule has 0 bridgehead atoms. The van der Waals surface area contributed by atoms with E-state index in [-0.39, 0.29) is 19.6 Å². The van der Waals surface area contributed by atoms with E-state index in [0.717, 1.165) is 6.08 Å². The van der Waals surface area contributed by atoms with Gasteiger partial charge in [-0.05, 0) is 29.8 Å². The number of anilines is 1. The number of carbonyl (C=O) groups is 2. The van der Waals surface area contributed by atoms with Crippen molar-refractivity contribution in [2.24, 2.45) is 0 Å². The quantitative estimate of drug-likeness (QED) is 0.584. The van der Waals surface area contributed by atoms with Crippen molar-refractivity contribution in [2.45, 2.75) is 12.5 Å². The minimum Gasteiger partial charge on any atom is -0.491 e. The molecule has 1 amide bonds. The van der Waals surface area contributed by atoms with Crippen LogP contribution in [0.1, 0.15) is 18.1 Å². The number of aliphatic hydroxyl groups is 1. The van der Waals surface area contributed by atoms with Crippen LogP contribution in [-0.4, -0.2) is 35.5 Å². The van der Waals surface area contributed by atoms with Crippen molar-refractivity contribution in [1.82, 2.24) is 0 Å². The molecule has 2 rings (SSSR count). The van der Waals surface area contributed by atoms with Crippen molar-refractivity contribution in [2.75, 3.05) is 18.5 Å². The maximum Gasteiger partial charge on any atom is 0.412 e. The van der Waals surface area contributed by atoms with E-state index in [2.05, 4.69) is 5.32 Å². The summed E-state index contributed by atoms with van der Waals surface area (Å²) in [6.45, 7) is 0.0905. The van der Waals surface area contributed by atoms with E-state index in [0.29, 0.717) is 17.0 Å². The van der Waals surface area contributed by atoms with Crippen LogP contribution in [0.4, 0.5) is 10.5 Å². The van der Waals surface area contributed by atoms with Crippen LogP contribution < -0.4 is 10.1 Å². The number of ether oxygens (including phenoxy) is 2. The largest absolute Gasteiger partial charge is 0.491 e. The molecule has 0 saturated heterocycles. The van der Waals surface area contributed by atoms with Crippen molar-refractivity contribution < 1.29 is 29.3 Å². The molecule has 27 heavy (non-hydrogen) atoms. The van der Waals surface area contributed by atoms with Crippen LogP contribution in [0.25, 0.3) is 0 Å². The van der Waals surface area contributed by atoms with Crippen molar-refractivity contribution in [1.29, 1.82) is 0 Å². The second-order valence-electron chi connectivity index (χ2n) is 5.50. The molecule has 0 heterocycles. The lowest BCUT2D eigenvalue weighted by Gasteiger charge is -2.18. The number of benzene rings is 2. The lowest BCUT2D eigenvalue weighted by atomic mass is 10.1. The fourth-order valence-electron chi connectivity index (χ4n) is 2.28. The first kappa shape index (κ1) is 20.0. The topological polar surface area (TPSA) is 105 Å². The van der Waals surface area contributed by atoms with Gasteiger partial charge in [0.15, 0.2) is 0 Å². The fraction of sp³-hybridized carbons (Fsp3) is 0.200. The molecule has 0 spiro atoms. The Hall–Kier alpha value is -3.32. The molecule has 2 aromatic rings. The Labute approximate surface area is 156 Å². The first-order valence-electron chi connectivity index (χ1n) is 8.34. The molecular weight excluding hydrogens is 350 g/mol. The van der Waals surface area contributed by atoms with E-state index in [1.54, 1.807) is 48.5 Å². The predicted octanol–water partition coefficient (Wildman–Crippen LogP) is 3.38. The van der Waals surface area contributed by atoms with E-state index in [9.17, 15) is 9.59 Å². The Morgan fingerprint density at radius 2 is 1.78 bits per heavy atom. The normalized spacial score (nSPS) is 11.7. The van der Waals surface area contributed by atoms with Gasteiger partial charge >= 0.3 is 12.1 Å². The number of carbonyl (C=O) groups excluding carboxylic acids is 1. The molecule has 7 nitrogen and oxygen atoms in total. The summed E-state index contributed by atoms with van der Waals surface area (Å²) >= 11 is 0. The summed E-state index contributed by atoms with van der Waals surface area (Å²) in [5.41, 5.74) is 1.28. The average Bonchev–Trinajstić information content (AvgIpc) is 2.66. The van der Waals surface area contributed by atoms with Gasteiger partial charge < -0.3 is 19.7 Å². The maximum atomic E-state index is 12.2. The summed E-state index contributed by atoms with van der Waals surface area (Å²) in [5, 5.41) is 20.2. The van der Waals surface area contributed by atoms with Gasteiger partial charge in [0, 0.05) is 18.2 Å². The number of hydrogen-bond donors (Lipinski definition) is 3. The summed E-state index contributed by atoms with van der Waals surface area (Å²) in [4.78, 5) is 22.9. The van der Waals surface area contributed by atoms with Crippen LogP contribution in [0.15, 0.2) is 66.7 Å². The third kappa shape index (κ3) is 7.21. The van der Waals surface area contributed by atoms with Gasteiger partial charge in [-0.1, -0.05) is 36.4 Å². The van der Waals surface area contributed by atoms with Gasteiger partial charge in [-0.2, -0.15) is 0 Å². The maximum absolute atomic E-state index is 12.2. The highest BCUT2D eigenvalue weighted by molar-refractivity contribution is 5.84. The number of para-hydroxylation sites is 1. The summed E-state index contributed by atoms with van der Waals surface area (Å²) in [6, 6.07) is 15.7. The number of hydrogen-bond acceptors (Lipinski definition) is 5. The van der Waals surface area contributed by atoms with Gasteiger partial charge in [-0.25, -0.2) is 9.59 Å². The summed E-state index contributed by atoms with van der Waals surface area (Å²) in [7, 11) is 0. The van der Waals surface area contributed by atoms with Gasteiger partial charge in [0.25, 0.3) is 0 Å². The lowest BCUT2D eigenvalue weighted by Crippen LogP contribution is -2.17. The monoisotopic (exact) mass is 371 g/mol. The third-order valence-corrected chi connectivity index (χ3v) is 3.49. The van der Waals surface area contributed by atoms with E-state index in [4.69, 9.17) is 19.7 Å². The van der Waals surface area contributed by atoms with Crippen molar-refractivity contribution >= 4 is 17.7 Å². The first-order valence-corrected chi connectivity index (χ1v) is 8.34. The second-order valence-corrected chi connectivity index (χ2v) is 5.50. The molecule has 1 atom stereocenters. The van der Waals surface area contributed by atoms with E-state index >= 15 is 0 Å². The van der Waals surface area contributed by atoms with E-state index in [1.165, 1.54) is 6.08 Å². The zero-order valence-corrected chi connectivity index (χ0v) is 14.6. The highest BCUT2D eigenvalue weighted by Crippen LogP contribution is 2.25. The lowest BCUT2D eigenvalue weighted by molar-refractivity contribution is -0.131.